The third kappa shape index (κ3) is 4.82. The number of carbonyl (C=O) groups is 1. The van der Waals surface area contributed by atoms with Crippen molar-refractivity contribution in [2.45, 2.75) is 19.3 Å². The van der Waals surface area contributed by atoms with Crippen molar-refractivity contribution in [1.82, 2.24) is 9.97 Å². The fourth-order valence-corrected chi connectivity index (χ4v) is 3.08. The highest BCUT2D eigenvalue weighted by Crippen LogP contribution is 2.23. The Balaban J connectivity index is 1.53. The Labute approximate surface area is 151 Å². The maximum Gasteiger partial charge on any atom is 0.306 e. The van der Waals surface area contributed by atoms with Gasteiger partial charge in [0.15, 0.2) is 0 Å². The second-order valence-electron chi connectivity index (χ2n) is 6.16. The molecule has 6 nitrogen and oxygen atoms in total. The Morgan fingerprint density at radius 3 is 2.64 bits per heavy atom. The lowest BCUT2D eigenvalue weighted by Gasteiger charge is -2.31. The van der Waals surface area contributed by atoms with Gasteiger partial charge in [0.2, 0.25) is 0 Å². The minimum absolute atomic E-state index is 0.241. The number of rotatable bonds is 6. The molecule has 25 heavy (non-hydrogen) atoms. The van der Waals surface area contributed by atoms with Crippen molar-refractivity contribution in [3.05, 3.63) is 47.2 Å². The third-order valence-electron chi connectivity index (χ3n) is 4.45. The number of benzene rings is 1. The molecule has 1 aliphatic heterocycles. The second-order valence-corrected chi connectivity index (χ2v) is 6.60. The Morgan fingerprint density at radius 2 is 1.96 bits per heavy atom. The standard InChI is InChI=1S/C18H21ClN4O2/c19-15-3-1-13(2-4-15)5-8-20-16-11-17(22-12-21-16)23-9-6-14(7-10-23)18(24)25/h1-4,11-12,14H,5-10H2,(H,24,25)(H,20,21,22). The number of carboxylic acids is 1. The second kappa shape index (κ2) is 8.16. The minimum atomic E-state index is -0.702. The molecule has 0 saturated carbocycles. The molecule has 0 unspecified atom stereocenters. The van der Waals surface area contributed by atoms with E-state index in [1.807, 2.05) is 30.3 Å². The maximum atomic E-state index is 11.0. The molecule has 1 saturated heterocycles. The SMILES string of the molecule is O=C(O)C1CCN(c2cc(NCCc3ccc(Cl)cc3)ncn2)CC1. The van der Waals surface area contributed by atoms with E-state index in [1.165, 1.54) is 5.56 Å². The highest BCUT2D eigenvalue weighted by molar-refractivity contribution is 6.30. The van der Waals surface area contributed by atoms with E-state index in [1.54, 1.807) is 6.33 Å². The van der Waals surface area contributed by atoms with E-state index >= 15 is 0 Å². The molecule has 3 rings (SSSR count). The van der Waals surface area contributed by atoms with Crippen LogP contribution in [0.3, 0.4) is 0 Å². The maximum absolute atomic E-state index is 11.0. The zero-order valence-corrected chi connectivity index (χ0v) is 14.6. The van der Waals surface area contributed by atoms with Crippen LogP contribution in [0.25, 0.3) is 0 Å². The average Bonchev–Trinajstić information content (AvgIpc) is 2.64. The van der Waals surface area contributed by atoms with Gasteiger partial charge in [0.25, 0.3) is 0 Å². The van der Waals surface area contributed by atoms with E-state index in [-0.39, 0.29) is 5.92 Å². The number of aromatic nitrogens is 2. The summed E-state index contributed by atoms with van der Waals surface area (Å²) < 4.78 is 0. The van der Waals surface area contributed by atoms with E-state index in [2.05, 4.69) is 20.2 Å². The first-order valence-electron chi connectivity index (χ1n) is 8.40. The average molecular weight is 361 g/mol. The minimum Gasteiger partial charge on any atom is -0.481 e. The summed E-state index contributed by atoms with van der Waals surface area (Å²) in [6.07, 6.45) is 3.72. The fourth-order valence-electron chi connectivity index (χ4n) is 2.96. The van der Waals surface area contributed by atoms with Gasteiger partial charge in [-0.15, -0.1) is 0 Å². The number of nitrogens with zero attached hydrogens (tertiary/aromatic N) is 3. The summed E-state index contributed by atoms with van der Waals surface area (Å²) in [4.78, 5) is 21.7. The van der Waals surface area contributed by atoms with E-state index in [4.69, 9.17) is 16.7 Å². The molecule has 0 spiro atoms. The molecule has 2 aromatic rings. The summed E-state index contributed by atoms with van der Waals surface area (Å²) >= 11 is 5.89. The lowest BCUT2D eigenvalue weighted by molar-refractivity contribution is -0.142. The highest BCUT2D eigenvalue weighted by atomic mass is 35.5. The van der Waals surface area contributed by atoms with Crippen molar-refractivity contribution in [1.29, 1.82) is 0 Å². The zero-order chi connectivity index (χ0) is 17.6. The summed E-state index contributed by atoms with van der Waals surface area (Å²) in [5.74, 6) is 0.675. The molecule has 2 N–H and O–H groups in total. The Hall–Kier alpha value is -2.34. The van der Waals surface area contributed by atoms with Gasteiger partial charge in [-0.2, -0.15) is 0 Å². The first-order chi connectivity index (χ1) is 12.1. The fraction of sp³-hybridized carbons (Fsp3) is 0.389. The summed E-state index contributed by atoms with van der Waals surface area (Å²) in [5.41, 5.74) is 1.21. The van der Waals surface area contributed by atoms with Gasteiger partial charge in [-0.25, -0.2) is 9.97 Å². The van der Waals surface area contributed by atoms with E-state index in [0.29, 0.717) is 25.9 Å². The first-order valence-corrected chi connectivity index (χ1v) is 8.78. The Kier molecular flexibility index (Phi) is 5.71. The summed E-state index contributed by atoms with van der Waals surface area (Å²) in [5, 5.41) is 13.1. The van der Waals surface area contributed by atoms with Gasteiger partial charge < -0.3 is 15.3 Å². The molecule has 7 heteroatoms. The van der Waals surface area contributed by atoms with Crippen LogP contribution in [0.15, 0.2) is 36.7 Å². The van der Waals surface area contributed by atoms with Crippen LogP contribution in [0.4, 0.5) is 11.6 Å². The molecule has 132 valence electrons. The molecule has 0 amide bonds. The molecule has 0 radical (unpaired) electrons. The van der Waals surface area contributed by atoms with Gasteiger partial charge in [0, 0.05) is 30.7 Å². The number of carboxylic acid groups (broad SMARTS) is 1. The summed E-state index contributed by atoms with van der Waals surface area (Å²) in [6, 6.07) is 9.73. The third-order valence-corrected chi connectivity index (χ3v) is 4.71. The van der Waals surface area contributed by atoms with Crippen LogP contribution in [0, 0.1) is 5.92 Å². The van der Waals surface area contributed by atoms with Gasteiger partial charge in [-0.3, -0.25) is 4.79 Å². The van der Waals surface area contributed by atoms with Gasteiger partial charge in [0.1, 0.15) is 18.0 Å². The van der Waals surface area contributed by atoms with Crippen molar-refractivity contribution in [2.24, 2.45) is 5.92 Å². The number of hydrogen-bond donors (Lipinski definition) is 2. The van der Waals surface area contributed by atoms with Gasteiger partial charge >= 0.3 is 5.97 Å². The van der Waals surface area contributed by atoms with Crippen LogP contribution in [0.5, 0.6) is 0 Å². The van der Waals surface area contributed by atoms with Crippen LogP contribution < -0.4 is 10.2 Å². The number of aliphatic carboxylic acids is 1. The largest absolute Gasteiger partial charge is 0.481 e. The molecule has 1 fully saturated rings. The number of hydrogen-bond acceptors (Lipinski definition) is 5. The molecule has 2 heterocycles. The summed E-state index contributed by atoms with van der Waals surface area (Å²) in [6.45, 7) is 2.18. The van der Waals surface area contributed by atoms with Crippen molar-refractivity contribution in [3.8, 4) is 0 Å². The van der Waals surface area contributed by atoms with Crippen molar-refractivity contribution >= 4 is 29.2 Å². The number of nitrogens with one attached hydrogen (secondary N) is 1. The number of piperidine rings is 1. The highest BCUT2D eigenvalue weighted by Gasteiger charge is 2.25. The van der Waals surface area contributed by atoms with Crippen LogP contribution in [0.2, 0.25) is 5.02 Å². The Morgan fingerprint density at radius 1 is 1.24 bits per heavy atom. The number of halogens is 1. The smallest absolute Gasteiger partial charge is 0.306 e. The summed E-state index contributed by atoms with van der Waals surface area (Å²) in [7, 11) is 0. The normalized spacial score (nSPS) is 15.2. The van der Waals surface area contributed by atoms with Gasteiger partial charge in [0.05, 0.1) is 5.92 Å². The zero-order valence-electron chi connectivity index (χ0n) is 13.9. The van der Waals surface area contributed by atoms with Crippen molar-refractivity contribution in [3.63, 3.8) is 0 Å². The molecule has 1 aromatic carbocycles. The lowest BCUT2D eigenvalue weighted by Crippen LogP contribution is -2.36. The van der Waals surface area contributed by atoms with Crippen molar-refractivity contribution < 1.29 is 9.90 Å². The van der Waals surface area contributed by atoms with E-state index in [0.717, 1.165) is 29.6 Å². The molecule has 0 bridgehead atoms. The monoisotopic (exact) mass is 360 g/mol. The molecule has 1 aliphatic rings. The Bertz CT molecular complexity index is 715. The predicted molar refractivity (Wildman–Crippen MR) is 98.3 cm³/mol. The molecule has 1 aromatic heterocycles. The quantitative estimate of drug-likeness (QED) is 0.824. The number of anilines is 2. The van der Waals surface area contributed by atoms with Crippen LogP contribution in [-0.4, -0.2) is 40.7 Å². The topological polar surface area (TPSA) is 78.4 Å². The molecule has 0 aliphatic carbocycles. The molecule has 0 atom stereocenters. The van der Waals surface area contributed by atoms with Gasteiger partial charge in [-0.05, 0) is 37.0 Å². The van der Waals surface area contributed by atoms with Crippen LogP contribution >= 0.6 is 11.6 Å². The van der Waals surface area contributed by atoms with E-state index in [9.17, 15) is 4.79 Å². The lowest BCUT2D eigenvalue weighted by atomic mass is 9.97. The van der Waals surface area contributed by atoms with E-state index < -0.39 is 5.97 Å². The van der Waals surface area contributed by atoms with Crippen LogP contribution in [-0.2, 0) is 11.2 Å². The van der Waals surface area contributed by atoms with Crippen molar-refractivity contribution in [2.75, 3.05) is 29.9 Å². The first kappa shape index (κ1) is 17.5. The van der Waals surface area contributed by atoms with Crippen LogP contribution in [0.1, 0.15) is 18.4 Å². The molecular weight excluding hydrogens is 340 g/mol. The predicted octanol–water partition coefficient (Wildman–Crippen LogP) is 3.09. The molecular formula is C18H21ClN4O2. The van der Waals surface area contributed by atoms with Gasteiger partial charge in [-0.1, -0.05) is 23.7 Å².